The first-order chi connectivity index (χ1) is 15.0. The molecule has 0 aliphatic carbocycles. The SMILES string of the molecule is C[C@H](C(=O)N1CCC[C@@](Cc2ccccc2-c2cccs2)(C(N)=O)C1)c1ccccc1. The molecule has 1 aliphatic rings. The van der Waals surface area contributed by atoms with Gasteiger partial charge in [-0.3, -0.25) is 9.59 Å². The van der Waals surface area contributed by atoms with Crippen LogP contribution >= 0.6 is 11.3 Å². The predicted octanol–water partition coefficient (Wildman–Crippen LogP) is 4.86. The van der Waals surface area contributed by atoms with Gasteiger partial charge < -0.3 is 10.6 Å². The number of hydrogen-bond donors (Lipinski definition) is 1. The van der Waals surface area contributed by atoms with E-state index in [0.29, 0.717) is 25.9 Å². The molecule has 0 spiro atoms. The summed E-state index contributed by atoms with van der Waals surface area (Å²) in [6.07, 6.45) is 2.02. The van der Waals surface area contributed by atoms with Crippen LogP contribution in [0.5, 0.6) is 0 Å². The standard InChI is InChI=1S/C26H28N2O2S/c1-19(20-9-3-2-4-10-20)24(29)28-15-8-14-26(18-28,25(27)30)17-21-11-5-6-12-22(21)23-13-7-16-31-23/h2-7,9-13,16,19H,8,14-15,17-18H2,1H3,(H2,27,30)/t19-,26-/m0/s1. The molecule has 1 fully saturated rings. The van der Waals surface area contributed by atoms with Gasteiger partial charge in [-0.1, -0.05) is 60.7 Å². The zero-order chi connectivity index (χ0) is 21.8. The van der Waals surface area contributed by atoms with Gasteiger partial charge in [0.2, 0.25) is 11.8 Å². The van der Waals surface area contributed by atoms with Crippen molar-refractivity contribution in [1.29, 1.82) is 0 Å². The molecule has 2 aromatic carbocycles. The molecule has 1 aliphatic heterocycles. The molecule has 3 aromatic rings. The van der Waals surface area contributed by atoms with E-state index in [4.69, 9.17) is 5.73 Å². The fourth-order valence-electron chi connectivity index (χ4n) is 4.62. The number of primary amides is 1. The summed E-state index contributed by atoms with van der Waals surface area (Å²) < 4.78 is 0. The summed E-state index contributed by atoms with van der Waals surface area (Å²) in [6.45, 7) is 2.97. The van der Waals surface area contributed by atoms with Crippen LogP contribution in [0, 0.1) is 5.41 Å². The highest BCUT2D eigenvalue weighted by Crippen LogP contribution is 2.38. The molecule has 2 atom stereocenters. The van der Waals surface area contributed by atoms with Crippen molar-refractivity contribution in [2.24, 2.45) is 11.1 Å². The summed E-state index contributed by atoms with van der Waals surface area (Å²) in [5.74, 6) is -0.510. The summed E-state index contributed by atoms with van der Waals surface area (Å²) in [4.78, 5) is 29.1. The first-order valence-corrected chi connectivity index (χ1v) is 11.6. The van der Waals surface area contributed by atoms with Crippen LogP contribution in [0.25, 0.3) is 10.4 Å². The van der Waals surface area contributed by atoms with Crippen molar-refractivity contribution < 1.29 is 9.59 Å². The van der Waals surface area contributed by atoms with E-state index in [9.17, 15) is 9.59 Å². The predicted molar refractivity (Wildman–Crippen MR) is 126 cm³/mol. The van der Waals surface area contributed by atoms with E-state index in [1.54, 1.807) is 11.3 Å². The second kappa shape index (κ2) is 9.06. The summed E-state index contributed by atoms with van der Waals surface area (Å²) >= 11 is 1.69. The van der Waals surface area contributed by atoms with Crippen LogP contribution < -0.4 is 5.73 Å². The molecule has 4 rings (SSSR count). The molecule has 0 bridgehead atoms. The van der Waals surface area contributed by atoms with Gasteiger partial charge in [0, 0.05) is 18.0 Å². The lowest BCUT2D eigenvalue weighted by molar-refractivity contribution is -0.140. The quantitative estimate of drug-likeness (QED) is 0.605. The van der Waals surface area contributed by atoms with Crippen LogP contribution in [0.2, 0.25) is 0 Å². The van der Waals surface area contributed by atoms with E-state index in [0.717, 1.165) is 23.1 Å². The van der Waals surface area contributed by atoms with Crippen molar-refractivity contribution in [3.63, 3.8) is 0 Å². The van der Waals surface area contributed by atoms with Crippen LogP contribution in [-0.2, 0) is 16.0 Å². The summed E-state index contributed by atoms with van der Waals surface area (Å²) in [5, 5.41) is 2.06. The topological polar surface area (TPSA) is 63.4 Å². The minimum absolute atomic E-state index is 0.0584. The molecular weight excluding hydrogens is 404 g/mol. The molecule has 4 nitrogen and oxygen atoms in total. The van der Waals surface area contributed by atoms with Crippen LogP contribution in [0.3, 0.4) is 0 Å². The fourth-order valence-corrected chi connectivity index (χ4v) is 5.41. The maximum atomic E-state index is 13.3. The highest BCUT2D eigenvalue weighted by molar-refractivity contribution is 7.13. The second-order valence-corrected chi connectivity index (χ2v) is 9.40. The maximum absolute atomic E-state index is 13.3. The molecule has 0 saturated carbocycles. The zero-order valence-electron chi connectivity index (χ0n) is 17.8. The Morgan fingerprint density at radius 3 is 2.52 bits per heavy atom. The van der Waals surface area contributed by atoms with Gasteiger partial charge in [-0.25, -0.2) is 0 Å². The molecule has 2 heterocycles. The van der Waals surface area contributed by atoms with E-state index in [1.165, 1.54) is 4.88 Å². The maximum Gasteiger partial charge on any atom is 0.229 e. The minimum atomic E-state index is -0.752. The van der Waals surface area contributed by atoms with Crippen molar-refractivity contribution >= 4 is 23.2 Å². The summed E-state index contributed by atoms with van der Waals surface area (Å²) in [6, 6.07) is 22.1. The number of nitrogens with zero attached hydrogens (tertiary/aromatic N) is 1. The van der Waals surface area contributed by atoms with Gasteiger partial charge in [0.05, 0.1) is 11.3 Å². The Hall–Kier alpha value is -2.92. The van der Waals surface area contributed by atoms with E-state index in [-0.39, 0.29) is 17.7 Å². The third-order valence-electron chi connectivity index (χ3n) is 6.41. The Morgan fingerprint density at radius 1 is 1.06 bits per heavy atom. The molecule has 1 aromatic heterocycles. The molecule has 0 unspecified atom stereocenters. The smallest absolute Gasteiger partial charge is 0.229 e. The molecule has 5 heteroatoms. The van der Waals surface area contributed by atoms with Gasteiger partial charge in [0.1, 0.15) is 0 Å². The Labute approximate surface area is 187 Å². The average molecular weight is 433 g/mol. The number of carbonyl (C=O) groups is 2. The number of carbonyl (C=O) groups excluding carboxylic acids is 2. The Kier molecular flexibility index (Phi) is 6.23. The zero-order valence-corrected chi connectivity index (χ0v) is 18.6. The van der Waals surface area contributed by atoms with Crippen LogP contribution in [-0.4, -0.2) is 29.8 Å². The molecule has 31 heavy (non-hydrogen) atoms. The Morgan fingerprint density at radius 2 is 1.81 bits per heavy atom. The van der Waals surface area contributed by atoms with Gasteiger partial charge in [0.15, 0.2) is 0 Å². The van der Waals surface area contributed by atoms with Crippen molar-refractivity contribution in [2.45, 2.75) is 32.1 Å². The molecular formula is C26H28N2O2S. The Balaban J connectivity index is 1.60. The van der Waals surface area contributed by atoms with Gasteiger partial charge in [-0.05, 0) is 54.3 Å². The van der Waals surface area contributed by atoms with E-state index in [1.807, 2.05) is 60.4 Å². The van der Waals surface area contributed by atoms with Crippen LogP contribution in [0.4, 0.5) is 0 Å². The third kappa shape index (κ3) is 4.42. The Bertz CT molecular complexity index is 1050. The molecule has 0 radical (unpaired) electrons. The van der Waals surface area contributed by atoms with Gasteiger partial charge in [0.25, 0.3) is 0 Å². The number of benzene rings is 2. The number of thiophene rings is 1. The van der Waals surface area contributed by atoms with E-state index in [2.05, 4.69) is 23.6 Å². The molecule has 160 valence electrons. The first kappa shape index (κ1) is 21.3. The lowest BCUT2D eigenvalue weighted by Gasteiger charge is -2.42. The van der Waals surface area contributed by atoms with Crippen LogP contribution in [0.15, 0.2) is 72.1 Å². The number of likely N-dealkylation sites (tertiary alicyclic amines) is 1. The van der Waals surface area contributed by atoms with Crippen molar-refractivity contribution in [2.75, 3.05) is 13.1 Å². The average Bonchev–Trinajstić information content (AvgIpc) is 3.34. The lowest BCUT2D eigenvalue weighted by Crippen LogP contribution is -2.54. The first-order valence-electron chi connectivity index (χ1n) is 10.8. The second-order valence-electron chi connectivity index (χ2n) is 8.45. The molecule has 1 saturated heterocycles. The number of piperidine rings is 1. The van der Waals surface area contributed by atoms with Crippen molar-refractivity contribution in [1.82, 2.24) is 4.90 Å². The number of amides is 2. The van der Waals surface area contributed by atoms with E-state index < -0.39 is 5.41 Å². The largest absolute Gasteiger partial charge is 0.369 e. The van der Waals surface area contributed by atoms with Gasteiger partial charge in [-0.2, -0.15) is 0 Å². The number of rotatable bonds is 6. The third-order valence-corrected chi connectivity index (χ3v) is 7.32. The van der Waals surface area contributed by atoms with Crippen molar-refractivity contribution in [3.8, 4) is 10.4 Å². The summed E-state index contributed by atoms with van der Waals surface area (Å²) in [5.41, 5.74) is 8.48. The lowest BCUT2D eigenvalue weighted by atomic mass is 9.73. The summed E-state index contributed by atoms with van der Waals surface area (Å²) in [7, 11) is 0. The monoisotopic (exact) mass is 432 g/mol. The van der Waals surface area contributed by atoms with E-state index >= 15 is 0 Å². The van der Waals surface area contributed by atoms with Crippen LogP contribution in [0.1, 0.15) is 36.8 Å². The number of nitrogens with two attached hydrogens (primary N) is 1. The minimum Gasteiger partial charge on any atom is -0.369 e. The van der Waals surface area contributed by atoms with Crippen molar-refractivity contribution in [3.05, 3.63) is 83.2 Å². The normalized spacial score (nSPS) is 19.7. The van der Waals surface area contributed by atoms with Gasteiger partial charge in [-0.15, -0.1) is 11.3 Å². The highest BCUT2D eigenvalue weighted by atomic mass is 32.1. The molecule has 2 amide bonds. The molecule has 2 N–H and O–H groups in total. The fraction of sp³-hybridized carbons (Fsp3) is 0.308. The van der Waals surface area contributed by atoms with Gasteiger partial charge >= 0.3 is 0 Å². The highest BCUT2D eigenvalue weighted by Gasteiger charge is 2.43. The number of hydrogen-bond acceptors (Lipinski definition) is 3.